The molecule has 20 heavy (non-hydrogen) atoms. The molecule has 0 atom stereocenters. The predicted octanol–water partition coefficient (Wildman–Crippen LogP) is 3.20. The Labute approximate surface area is 122 Å². The third-order valence-corrected chi connectivity index (χ3v) is 4.57. The van der Waals surface area contributed by atoms with Crippen molar-refractivity contribution in [3.8, 4) is 22.1 Å². The molecule has 1 saturated carbocycles. The molecule has 1 aromatic carbocycles. The van der Waals surface area contributed by atoms with Gasteiger partial charge >= 0.3 is 0 Å². The van der Waals surface area contributed by atoms with Crippen LogP contribution in [0.5, 0.6) is 11.5 Å². The molecular formula is C15H17NO3S. The van der Waals surface area contributed by atoms with E-state index in [1.807, 2.05) is 18.2 Å². The van der Waals surface area contributed by atoms with Gasteiger partial charge in [0.1, 0.15) is 5.01 Å². The molecule has 4 nitrogen and oxygen atoms in total. The fraction of sp³-hybridized carbons (Fsp3) is 0.400. The van der Waals surface area contributed by atoms with Crippen LogP contribution < -0.4 is 9.47 Å². The first-order valence-corrected chi connectivity index (χ1v) is 7.41. The summed E-state index contributed by atoms with van der Waals surface area (Å²) >= 11 is 1.56. The van der Waals surface area contributed by atoms with Gasteiger partial charge in [0.15, 0.2) is 11.5 Å². The van der Waals surface area contributed by atoms with Crippen LogP contribution in [0.15, 0.2) is 18.2 Å². The average molecular weight is 291 g/mol. The van der Waals surface area contributed by atoms with Crippen LogP contribution in [0.1, 0.15) is 29.3 Å². The summed E-state index contributed by atoms with van der Waals surface area (Å²) < 4.78 is 10.6. The van der Waals surface area contributed by atoms with E-state index >= 15 is 0 Å². The molecule has 1 aliphatic rings. The first-order chi connectivity index (χ1) is 9.76. The van der Waals surface area contributed by atoms with Gasteiger partial charge in [0, 0.05) is 11.5 Å². The molecule has 0 radical (unpaired) electrons. The smallest absolute Gasteiger partial charge is 0.161 e. The molecule has 0 bridgehead atoms. The maximum atomic E-state index is 9.46. The number of rotatable bonds is 5. The highest BCUT2D eigenvalue weighted by Gasteiger charge is 2.29. The summed E-state index contributed by atoms with van der Waals surface area (Å²) in [5.74, 6) is 1.94. The lowest BCUT2D eigenvalue weighted by atomic mass is 10.2. The Kier molecular flexibility index (Phi) is 3.63. The molecule has 1 aromatic heterocycles. The van der Waals surface area contributed by atoms with Gasteiger partial charge in [-0.2, -0.15) is 0 Å². The van der Waals surface area contributed by atoms with Gasteiger partial charge < -0.3 is 14.6 Å². The lowest BCUT2D eigenvalue weighted by Crippen LogP contribution is -1.91. The fourth-order valence-electron chi connectivity index (χ4n) is 2.25. The summed E-state index contributed by atoms with van der Waals surface area (Å²) in [5, 5.41) is 10.4. The van der Waals surface area contributed by atoms with E-state index in [1.165, 1.54) is 12.8 Å². The Morgan fingerprint density at radius 2 is 2.00 bits per heavy atom. The molecule has 1 N–H and O–H groups in total. The predicted molar refractivity (Wildman–Crippen MR) is 78.6 cm³/mol. The quantitative estimate of drug-likeness (QED) is 0.919. The molecular weight excluding hydrogens is 274 g/mol. The Balaban J connectivity index is 2.00. The second-order valence-electron chi connectivity index (χ2n) is 4.83. The van der Waals surface area contributed by atoms with E-state index in [0.29, 0.717) is 17.4 Å². The van der Waals surface area contributed by atoms with Crippen molar-refractivity contribution in [1.29, 1.82) is 0 Å². The van der Waals surface area contributed by atoms with Gasteiger partial charge in [-0.3, -0.25) is 0 Å². The van der Waals surface area contributed by atoms with E-state index in [1.54, 1.807) is 25.6 Å². The van der Waals surface area contributed by atoms with Crippen molar-refractivity contribution in [2.75, 3.05) is 14.2 Å². The molecule has 3 rings (SSSR count). The van der Waals surface area contributed by atoms with Gasteiger partial charge in [-0.1, -0.05) is 0 Å². The summed E-state index contributed by atoms with van der Waals surface area (Å²) in [4.78, 5) is 5.69. The highest BCUT2D eigenvalue weighted by Crippen LogP contribution is 2.44. The summed E-state index contributed by atoms with van der Waals surface area (Å²) in [6.45, 7) is 0.0663. The molecule has 1 heterocycles. The highest BCUT2D eigenvalue weighted by molar-refractivity contribution is 7.15. The van der Waals surface area contributed by atoms with Gasteiger partial charge in [0.2, 0.25) is 0 Å². The van der Waals surface area contributed by atoms with Crippen LogP contribution in [0.4, 0.5) is 0 Å². The van der Waals surface area contributed by atoms with Crippen molar-refractivity contribution in [3.05, 3.63) is 28.8 Å². The highest BCUT2D eigenvalue weighted by atomic mass is 32.1. The second-order valence-corrected chi connectivity index (χ2v) is 5.91. The van der Waals surface area contributed by atoms with Gasteiger partial charge in [-0.15, -0.1) is 11.3 Å². The molecule has 5 heteroatoms. The van der Waals surface area contributed by atoms with E-state index in [9.17, 15) is 5.11 Å². The monoisotopic (exact) mass is 291 g/mol. The van der Waals surface area contributed by atoms with E-state index in [2.05, 4.69) is 0 Å². The fourth-order valence-corrected chi connectivity index (χ4v) is 3.25. The van der Waals surface area contributed by atoms with Crippen LogP contribution in [-0.4, -0.2) is 24.3 Å². The topological polar surface area (TPSA) is 51.6 Å². The number of benzene rings is 1. The van der Waals surface area contributed by atoms with E-state index in [4.69, 9.17) is 14.5 Å². The molecule has 1 aliphatic carbocycles. The normalized spacial score (nSPS) is 14.3. The number of hydrogen-bond acceptors (Lipinski definition) is 5. The number of hydrogen-bond donors (Lipinski definition) is 1. The average Bonchev–Trinajstić information content (AvgIpc) is 3.25. The molecule has 0 spiro atoms. The summed E-state index contributed by atoms with van der Waals surface area (Å²) in [6, 6.07) is 5.78. The SMILES string of the molecule is COc1ccc(-c2nc(C3CC3)c(CO)s2)cc1OC. The van der Waals surface area contributed by atoms with Crippen molar-refractivity contribution in [1.82, 2.24) is 4.98 Å². The van der Waals surface area contributed by atoms with Gasteiger partial charge in [-0.05, 0) is 31.0 Å². The summed E-state index contributed by atoms with van der Waals surface area (Å²) in [6.07, 6.45) is 2.37. The lowest BCUT2D eigenvalue weighted by molar-refractivity contribution is 0.284. The largest absolute Gasteiger partial charge is 0.493 e. The molecule has 0 saturated heterocycles. The van der Waals surface area contributed by atoms with Crippen LogP contribution in [0.2, 0.25) is 0 Å². The number of aliphatic hydroxyl groups is 1. The standard InChI is InChI=1S/C15H17NO3S/c1-18-11-6-5-10(7-12(11)19-2)15-16-14(9-3-4-9)13(8-17)20-15/h5-7,9,17H,3-4,8H2,1-2H3. The van der Waals surface area contributed by atoms with Crippen molar-refractivity contribution < 1.29 is 14.6 Å². The van der Waals surface area contributed by atoms with Gasteiger partial charge in [0.05, 0.1) is 31.4 Å². The number of aromatic nitrogens is 1. The molecule has 1 fully saturated rings. The van der Waals surface area contributed by atoms with Crippen LogP contribution in [0, 0.1) is 0 Å². The first-order valence-electron chi connectivity index (χ1n) is 6.59. The van der Waals surface area contributed by atoms with Crippen molar-refractivity contribution in [2.24, 2.45) is 0 Å². The Bertz CT molecular complexity index is 620. The third-order valence-electron chi connectivity index (χ3n) is 3.47. The summed E-state index contributed by atoms with van der Waals surface area (Å²) in [5.41, 5.74) is 2.07. The molecule has 2 aromatic rings. The zero-order valence-electron chi connectivity index (χ0n) is 11.5. The van der Waals surface area contributed by atoms with Crippen molar-refractivity contribution >= 4 is 11.3 Å². The van der Waals surface area contributed by atoms with Gasteiger partial charge in [-0.25, -0.2) is 4.98 Å². The second kappa shape index (κ2) is 5.42. The third kappa shape index (κ3) is 2.39. The van der Waals surface area contributed by atoms with E-state index in [-0.39, 0.29) is 6.61 Å². The Morgan fingerprint density at radius 1 is 1.25 bits per heavy atom. The zero-order valence-corrected chi connectivity index (χ0v) is 12.4. The number of nitrogens with zero attached hydrogens (tertiary/aromatic N) is 1. The lowest BCUT2D eigenvalue weighted by Gasteiger charge is -2.08. The minimum absolute atomic E-state index is 0.0663. The first kappa shape index (κ1) is 13.4. The van der Waals surface area contributed by atoms with Crippen molar-refractivity contribution in [2.45, 2.75) is 25.4 Å². The minimum Gasteiger partial charge on any atom is -0.493 e. The number of ether oxygens (including phenoxy) is 2. The van der Waals surface area contributed by atoms with E-state index in [0.717, 1.165) is 21.1 Å². The van der Waals surface area contributed by atoms with Crippen LogP contribution in [0.25, 0.3) is 10.6 Å². The van der Waals surface area contributed by atoms with Crippen LogP contribution in [-0.2, 0) is 6.61 Å². The van der Waals surface area contributed by atoms with Crippen LogP contribution in [0.3, 0.4) is 0 Å². The minimum atomic E-state index is 0.0663. The van der Waals surface area contributed by atoms with E-state index < -0.39 is 0 Å². The number of thiazole rings is 1. The molecule has 0 unspecified atom stereocenters. The molecule has 0 amide bonds. The summed E-state index contributed by atoms with van der Waals surface area (Å²) in [7, 11) is 3.24. The van der Waals surface area contributed by atoms with Crippen molar-refractivity contribution in [3.63, 3.8) is 0 Å². The number of aliphatic hydroxyl groups excluding tert-OH is 1. The number of methoxy groups -OCH3 is 2. The maximum absolute atomic E-state index is 9.46. The van der Waals surface area contributed by atoms with Gasteiger partial charge in [0.25, 0.3) is 0 Å². The van der Waals surface area contributed by atoms with Crippen LogP contribution >= 0.6 is 11.3 Å². The molecule has 0 aliphatic heterocycles. The Morgan fingerprint density at radius 3 is 2.60 bits per heavy atom. The molecule has 106 valence electrons. The zero-order chi connectivity index (χ0) is 14.1. The Hall–Kier alpha value is -1.59. The maximum Gasteiger partial charge on any atom is 0.161 e.